The first kappa shape index (κ1) is 15.0. The number of nitrogens with zero attached hydrogens (tertiary/aromatic N) is 2. The number of carbonyl (C=O) groups is 1. The predicted octanol–water partition coefficient (Wildman–Crippen LogP) is 1.28. The predicted molar refractivity (Wildman–Crippen MR) is 87.1 cm³/mol. The van der Waals surface area contributed by atoms with E-state index in [-0.39, 0.29) is 29.7 Å². The molecular formula is C18H18N2O4. The molecule has 0 N–H and O–H groups in total. The molecule has 0 spiro atoms. The van der Waals surface area contributed by atoms with Gasteiger partial charge in [0, 0.05) is 25.4 Å². The second-order valence-corrected chi connectivity index (χ2v) is 6.01. The SMILES string of the molecule is O=C1c2c(OCc3ccccc3)c(=O)ccn2C[C@@H]2COCCN12. The van der Waals surface area contributed by atoms with Crippen LogP contribution in [0.3, 0.4) is 0 Å². The van der Waals surface area contributed by atoms with Crippen LogP contribution in [-0.4, -0.2) is 41.2 Å². The average Bonchev–Trinajstić information content (AvgIpc) is 2.62. The monoisotopic (exact) mass is 326 g/mol. The lowest BCUT2D eigenvalue weighted by Gasteiger charge is -2.40. The van der Waals surface area contributed by atoms with E-state index in [1.807, 2.05) is 30.3 Å². The van der Waals surface area contributed by atoms with Gasteiger partial charge in [0.05, 0.1) is 19.3 Å². The van der Waals surface area contributed by atoms with Crippen molar-refractivity contribution in [3.63, 3.8) is 0 Å². The van der Waals surface area contributed by atoms with Crippen molar-refractivity contribution in [2.24, 2.45) is 0 Å². The van der Waals surface area contributed by atoms with Crippen LogP contribution in [-0.2, 0) is 17.9 Å². The van der Waals surface area contributed by atoms with Gasteiger partial charge in [0.25, 0.3) is 5.91 Å². The molecule has 0 bridgehead atoms. The summed E-state index contributed by atoms with van der Waals surface area (Å²) in [5.74, 6) is -0.0217. The van der Waals surface area contributed by atoms with Crippen molar-refractivity contribution in [1.29, 1.82) is 0 Å². The number of rotatable bonds is 3. The lowest BCUT2D eigenvalue weighted by molar-refractivity contribution is -0.0141. The maximum absolute atomic E-state index is 12.9. The van der Waals surface area contributed by atoms with Gasteiger partial charge < -0.3 is 18.9 Å². The van der Waals surface area contributed by atoms with Crippen molar-refractivity contribution >= 4 is 5.91 Å². The molecular weight excluding hydrogens is 308 g/mol. The van der Waals surface area contributed by atoms with E-state index in [1.54, 1.807) is 15.7 Å². The third-order valence-corrected chi connectivity index (χ3v) is 4.46. The minimum Gasteiger partial charge on any atom is -0.483 e. The summed E-state index contributed by atoms with van der Waals surface area (Å²) in [7, 11) is 0. The van der Waals surface area contributed by atoms with Gasteiger partial charge in [-0.05, 0) is 5.56 Å². The largest absolute Gasteiger partial charge is 0.483 e. The van der Waals surface area contributed by atoms with Crippen LogP contribution in [0.1, 0.15) is 16.1 Å². The Hall–Kier alpha value is -2.60. The number of hydrogen-bond acceptors (Lipinski definition) is 4. The molecule has 2 aliphatic heterocycles. The Morgan fingerprint density at radius 3 is 2.83 bits per heavy atom. The van der Waals surface area contributed by atoms with Gasteiger partial charge in [0.1, 0.15) is 6.61 Å². The second-order valence-electron chi connectivity index (χ2n) is 6.01. The summed E-state index contributed by atoms with van der Waals surface area (Å²) in [4.78, 5) is 26.9. The normalized spacial score (nSPS) is 19.6. The quantitative estimate of drug-likeness (QED) is 0.852. The van der Waals surface area contributed by atoms with Crippen molar-refractivity contribution in [3.05, 3.63) is 64.1 Å². The van der Waals surface area contributed by atoms with Crippen LogP contribution in [0.4, 0.5) is 0 Å². The molecule has 2 aromatic rings. The van der Waals surface area contributed by atoms with E-state index in [0.29, 0.717) is 32.0 Å². The van der Waals surface area contributed by atoms with Crippen molar-refractivity contribution in [1.82, 2.24) is 9.47 Å². The van der Waals surface area contributed by atoms with Crippen LogP contribution in [0.5, 0.6) is 5.75 Å². The van der Waals surface area contributed by atoms with Crippen LogP contribution < -0.4 is 10.2 Å². The smallest absolute Gasteiger partial charge is 0.274 e. The average molecular weight is 326 g/mol. The Balaban J connectivity index is 1.68. The standard InChI is InChI=1S/C18H18N2O4/c21-15-6-7-19-10-14-12-23-9-8-20(14)18(22)16(19)17(15)24-11-13-4-2-1-3-5-13/h1-7,14H,8-12H2/t14-/m1/s1. The number of pyridine rings is 1. The Bertz CT molecular complexity index is 816. The molecule has 2 aliphatic rings. The first-order valence-corrected chi connectivity index (χ1v) is 8.03. The highest BCUT2D eigenvalue weighted by Gasteiger charge is 2.36. The topological polar surface area (TPSA) is 60.8 Å². The Labute approximate surface area is 139 Å². The Morgan fingerprint density at radius 1 is 1.17 bits per heavy atom. The summed E-state index contributed by atoms with van der Waals surface area (Å²) in [6, 6.07) is 11.1. The zero-order valence-electron chi connectivity index (χ0n) is 13.2. The highest BCUT2D eigenvalue weighted by atomic mass is 16.5. The first-order chi connectivity index (χ1) is 11.7. The highest BCUT2D eigenvalue weighted by molar-refractivity contribution is 5.96. The summed E-state index contributed by atoms with van der Waals surface area (Å²) in [6.07, 6.45) is 1.66. The minimum atomic E-state index is -0.266. The number of fused-ring (bicyclic) bond motifs is 2. The Kier molecular flexibility index (Phi) is 3.82. The molecule has 6 nitrogen and oxygen atoms in total. The number of hydrogen-bond donors (Lipinski definition) is 0. The highest BCUT2D eigenvalue weighted by Crippen LogP contribution is 2.25. The third-order valence-electron chi connectivity index (χ3n) is 4.46. The number of aromatic nitrogens is 1. The van der Waals surface area contributed by atoms with Crippen molar-refractivity contribution in [3.8, 4) is 5.75 Å². The summed E-state index contributed by atoms with van der Waals surface area (Å²) >= 11 is 0. The molecule has 1 aromatic heterocycles. The first-order valence-electron chi connectivity index (χ1n) is 8.03. The summed E-state index contributed by atoms with van der Waals surface area (Å²) in [6.45, 7) is 2.47. The molecule has 0 aliphatic carbocycles. The van der Waals surface area contributed by atoms with Crippen LogP contribution >= 0.6 is 0 Å². The third kappa shape index (κ3) is 2.59. The number of ether oxygens (including phenoxy) is 2. The van der Waals surface area contributed by atoms with Crippen molar-refractivity contribution < 1.29 is 14.3 Å². The minimum absolute atomic E-state index is 0.0169. The van der Waals surface area contributed by atoms with Crippen molar-refractivity contribution in [2.75, 3.05) is 19.8 Å². The molecule has 3 heterocycles. The van der Waals surface area contributed by atoms with Gasteiger partial charge in [-0.25, -0.2) is 0 Å². The molecule has 1 aromatic carbocycles. The van der Waals surface area contributed by atoms with E-state index in [4.69, 9.17) is 9.47 Å². The van der Waals surface area contributed by atoms with E-state index in [1.165, 1.54) is 6.07 Å². The molecule has 1 amide bonds. The fraction of sp³-hybridized carbons (Fsp3) is 0.333. The van der Waals surface area contributed by atoms with Gasteiger partial charge in [-0.1, -0.05) is 30.3 Å². The maximum atomic E-state index is 12.9. The fourth-order valence-electron chi connectivity index (χ4n) is 3.23. The van der Waals surface area contributed by atoms with Gasteiger partial charge in [-0.3, -0.25) is 9.59 Å². The summed E-state index contributed by atoms with van der Waals surface area (Å²) in [5, 5.41) is 0. The zero-order chi connectivity index (χ0) is 16.5. The van der Waals surface area contributed by atoms with E-state index >= 15 is 0 Å². The molecule has 0 unspecified atom stereocenters. The molecule has 1 saturated heterocycles. The number of morpholine rings is 1. The van der Waals surface area contributed by atoms with E-state index in [2.05, 4.69) is 0 Å². The van der Waals surface area contributed by atoms with Gasteiger partial charge in [-0.2, -0.15) is 0 Å². The molecule has 124 valence electrons. The van der Waals surface area contributed by atoms with Crippen LogP contribution in [0.15, 0.2) is 47.4 Å². The van der Waals surface area contributed by atoms with E-state index in [0.717, 1.165) is 5.56 Å². The molecule has 1 atom stereocenters. The number of carbonyl (C=O) groups excluding carboxylic acids is 1. The lowest BCUT2D eigenvalue weighted by atomic mass is 10.1. The summed E-state index contributed by atoms with van der Waals surface area (Å²) < 4.78 is 13.0. The van der Waals surface area contributed by atoms with E-state index in [9.17, 15) is 9.59 Å². The van der Waals surface area contributed by atoms with Crippen LogP contribution in [0.25, 0.3) is 0 Å². The Morgan fingerprint density at radius 2 is 2.00 bits per heavy atom. The van der Waals surface area contributed by atoms with E-state index < -0.39 is 0 Å². The van der Waals surface area contributed by atoms with Crippen LogP contribution in [0.2, 0.25) is 0 Å². The zero-order valence-corrected chi connectivity index (χ0v) is 13.2. The van der Waals surface area contributed by atoms with Gasteiger partial charge in [-0.15, -0.1) is 0 Å². The van der Waals surface area contributed by atoms with Crippen molar-refractivity contribution in [2.45, 2.75) is 19.2 Å². The van der Waals surface area contributed by atoms with Gasteiger partial charge >= 0.3 is 0 Å². The lowest BCUT2D eigenvalue weighted by Crippen LogP contribution is -2.54. The molecule has 24 heavy (non-hydrogen) atoms. The fourth-order valence-corrected chi connectivity index (χ4v) is 3.23. The molecule has 0 radical (unpaired) electrons. The number of amides is 1. The molecule has 0 saturated carbocycles. The molecule has 4 rings (SSSR count). The van der Waals surface area contributed by atoms with Gasteiger partial charge in [0.2, 0.25) is 5.43 Å². The molecule has 6 heteroatoms. The maximum Gasteiger partial charge on any atom is 0.274 e. The van der Waals surface area contributed by atoms with Crippen LogP contribution in [0, 0.1) is 0 Å². The number of benzene rings is 1. The van der Waals surface area contributed by atoms with Gasteiger partial charge in [0.15, 0.2) is 11.4 Å². The second kappa shape index (κ2) is 6.13. The summed E-state index contributed by atoms with van der Waals surface area (Å²) in [5.41, 5.74) is 1.03. The molecule has 1 fully saturated rings.